The summed E-state index contributed by atoms with van der Waals surface area (Å²) >= 11 is 5.93. The number of nitrogens with two attached hydrogens (primary N) is 1. The van der Waals surface area contributed by atoms with Crippen LogP contribution in [0.25, 0.3) is 0 Å². The summed E-state index contributed by atoms with van der Waals surface area (Å²) < 4.78 is 24.3. The predicted octanol–water partition coefficient (Wildman–Crippen LogP) is 2.83. The maximum atomic E-state index is 14.1. The first kappa shape index (κ1) is 12.5. The number of benzene rings is 1. The van der Waals surface area contributed by atoms with Crippen LogP contribution in [0.4, 0.5) is 4.39 Å². The third-order valence-electron chi connectivity index (χ3n) is 3.33. The highest BCUT2D eigenvalue weighted by atomic mass is 35.5. The van der Waals surface area contributed by atoms with Crippen molar-refractivity contribution in [2.75, 3.05) is 14.2 Å². The van der Waals surface area contributed by atoms with E-state index in [0.717, 1.165) is 19.3 Å². The Balaban J connectivity index is 2.58. The summed E-state index contributed by atoms with van der Waals surface area (Å²) in [5, 5.41) is -0.0708. The summed E-state index contributed by atoms with van der Waals surface area (Å²) in [6.45, 7) is 0. The molecule has 0 spiro atoms. The molecule has 1 aliphatic rings. The molecule has 2 rings (SSSR count). The van der Waals surface area contributed by atoms with Gasteiger partial charge in [-0.1, -0.05) is 11.6 Å². The Morgan fingerprint density at radius 1 is 1.35 bits per heavy atom. The van der Waals surface area contributed by atoms with Crippen molar-refractivity contribution in [3.05, 3.63) is 22.5 Å². The number of ether oxygens (including phenoxy) is 2. The molecule has 0 aromatic heterocycles. The molecule has 0 radical (unpaired) electrons. The van der Waals surface area contributed by atoms with E-state index in [1.165, 1.54) is 14.2 Å². The Labute approximate surface area is 105 Å². The van der Waals surface area contributed by atoms with Crippen LogP contribution in [0.1, 0.15) is 24.8 Å². The minimum Gasteiger partial charge on any atom is -0.493 e. The van der Waals surface area contributed by atoms with Gasteiger partial charge in [-0.25, -0.2) is 4.39 Å². The standard InChI is InChI=1S/C12H15ClFNO2/c1-16-8-6-7(12(15)4-3-5-12)10(14)9(13)11(8)17-2/h6H,3-5,15H2,1-2H3. The van der Waals surface area contributed by atoms with Gasteiger partial charge in [0.2, 0.25) is 0 Å². The molecular formula is C12H15ClFNO2. The van der Waals surface area contributed by atoms with Gasteiger partial charge in [-0.3, -0.25) is 0 Å². The van der Waals surface area contributed by atoms with Gasteiger partial charge in [0.1, 0.15) is 5.02 Å². The van der Waals surface area contributed by atoms with Crippen molar-refractivity contribution in [1.29, 1.82) is 0 Å². The lowest BCUT2D eigenvalue weighted by Gasteiger charge is -2.39. The van der Waals surface area contributed by atoms with E-state index in [4.69, 9.17) is 26.8 Å². The van der Waals surface area contributed by atoms with Crippen LogP contribution in [0, 0.1) is 5.82 Å². The summed E-state index contributed by atoms with van der Waals surface area (Å²) in [4.78, 5) is 0. The van der Waals surface area contributed by atoms with Gasteiger partial charge in [0.15, 0.2) is 17.3 Å². The Morgan fingerprint density at radius 3 is 2.41 bits per heavy atom. The molecule has 1 aromatic carbocycles. The Hall–Kier alpha value is -1.00. The van der Waals surface area contributed by atoms with Gasteiger partial charge in [-0.2, -0.15) is 0 Å². The lowest BCUT2D eigenvalue weighted by atomic mass is 9.72. The van der Waals surface area contributed by atoms with Crippen molar-refractivity contribution in [2.24, 2.45) is 5.73 Å². The number of hydrogen-bond acceptors (Lipinski definition) is 3. The van der Waals surface area contributed by atoms with Crippen LogP contribution in [-0.2, 0) is 5.54 Å². The molecule has 0 aliphatic heterocycles. The van der Waals surface area contributed by atoms with Gasteiger partial charge in [-0.15, -0.1) is 0 Å². The van der Waals surface area contributed by atoms with Gasteiger partial charge in [-0.05, 0) is 25.3 Å². The Bertz CT molecular complexity index is 447. The molecule has 5 heteroatoms. The number of rotatable bonds is 3. The van der Waals surface area contributed by atoms with Crippen molar-refractivity contribution in [3.8, 4) is 11.5 Å². The molecule has 1 saturated carbocycles. The molecule has 0 heterocycles. The molecule has 1 aromatic rings. The highest BCUT2D eigenvalue weighted by Gasteiger charge is 2.38. The first-order valence-electron chi connectivity index (χ1n) is 5.43. The zero-order valence-corrected chi connectivity index (χ0v) is 10.6. The average molecular weight is 260 g/mol. The summed E-state index contributed by atoms with van der Waals surface area (Å²) in [5.41, 5.74) is 5.90. The Kier molecular flexibility index (Phi) is 3.19. The lowest BCUT2D eigenvalue weighted by Crippen LogP contribution is -2.44. The first-order valence-corrected chi connectivity index (χ1v) is 5.80. The second-order valence-corrected chi connectivity index (χ2v) is 4.68. The fraction of sp³-hybridized carbons (Fsp3) is 0.500. The third-order valence-corrected chi connectivity index (χ3v) is 3.67. The molecule has 2 N–H and O–H groups in total. The quantitative estimate of drug-likeness (QED) is 0.908. The molecule has 94 valence electrons. The maximum Gasteiger partial charge on any atom is 0.182 e. The van der Waals surface area contributed by atoms with Gasteiger partial charge in [0, 0.05) is 11.1 Å². The highest BCUT2D eigenvalue weighted by molar-refractivity contribution is 6.32. The second kappa shape index (κ2) is 4.35. The predicted molar refractivity (Wildman–Crippen MR) is 64.2 cm³/mol. The van der Waals surface area contributed by atoms with Crippen LogP contribution < -0.4 is 15.2 Å². The SMILES string of the molecule is COc1cc(C2(N)CCC2)c(F)c(Cl)c1OC. The van der Waals surface area contributed by atoms with E-state index in [2.05, 4.69) is 0 Å². The number of methoxy groups -OCH3 is 2. The fourth-order valence-electron chi connectivity index (χ4n) is 2.12. The molecule has 1 fully saturated rings. The average Bonchev–Trinajstić information content (AvgIpc) is 2.29. The van der Waals surface area contributed by atoms with Gasteiger partial charge >= 0.3 is 0 Å². The van der Waals surface area contributed by atoms with Crippen LogP contribution in [0.2, 0.25) is 5.02 Å². The van der Waals surface area contributed by atoms with Crippen LogP contribution in [0.3, 0.4) is 0 Å². The van der Waals surface area contributed by atoms with E-state index >= 15 is 0 Å². The minimum atomic E-state index is -0.618. The fourth-order valence-corrected chi connectivity index (χ4v) is 2.39. The van der Waals surface area contributed by atoms with Gasteiger partial charge < -0.3 is 15.2 Å². The monoisotopic (exact) mass is 259 g/mol. The number of halogens is 2. The first-order chi connectivity index (χ1) is 8.03. The second-order valence-electron chi connectivity index (χ2n) is 4.30. The summed E-state index contributed by atoms with van der Waals surface area (Å²) in [5.74, 6) is 0.107. The molecular weight excluding hydrogens is 245 g/mol. The van der Waals surface area contributed by atoms with Crippen molar-refractivity contribution < 1.29 is 13.9 Å². The number of hydrogen-bond donors (Lipinski definition) is 1. The van der Waals surface area contributed by atoms with Gasteiger partial charge in [0.05, 0.1) is 14.2 Å². The van der Waals surface area contributed by atoms with Crippen molar-refractivity contribution >= 4 is 11.6 Å². The maximum absolute atomic E-state index is 14.1. The third kappa shape index (κ3) is 1.85. The summed E-state index contributed by atoms with van der Waals surface area (Å²) in [6.07, 6.45) is 2.52. The zero-order chi connectivity index (χ0) is 12.6. The molecule has 1 aliphatic carbocycles. The Morgan fingerprint density at radius 2 is 2.00 bits per heavy atom. The largest absolute Gasteiger partial charge is 0.493 e. The van der Waals surface area contributed by atoms with E-state index in [1.54, 1.807) is 6.07 Å². The van der Waals surface area contributed by atoms with Crippen LogP contribution in [-0.4, -0.2) is 14.2 Å². The minimum absolute atomic E-state index is 0.0708. The van der Waals surface area contributed by atoms with Crippen LogP contribution in [0.15, 0.2) is 6.07 Å². The molecule has 0 atom stereocenters. The van der Waals surface area contributed by atoms with Crippen LogP contribution in [0.5, 0.6) is 11.5 Å². The highest BCUT2D eigenvalue weighted by Crippen LogP contribution is 2.46. The van der Waals surface area contributed by atoms with Crippen LogP contribution >= 0.6 is 11.6 Å². The molecule has 3 nitrogen and oxygen atoms in total. The van der Waals surface area contributed by atoms with Crippen molar-refractivity contribution in [1.82, 2.24) is 0 Å². The van der Waals surface area contributed by atoms with E-state index in [0.29, 0.717) is 11.3 Å². The molecule has 17 heavy (non-hydrogen) atoms. The van der Waals surface area contributed by atoms with E-state index in [9.17, 15) is 4.39 Å². The summed E-state index contributed by atoms with van der Waals surface area (Å²) in [6, 6.07) is 1.58. The van der Waals surface area contributed by atoms with Gasteiger partial charge in [0.25, 0.3) is 0 Å². The smallest absolute Gasteiger partial charge is 0.182 e. The molecule has 0 unspecified atom stereocenters. The van der Waals surface area contributed by atoms with E-state index in [-0.39, 0.29) is 10.8 Å². The lowest BCUT2D eigenvalue weighted by molar-refractivity contribution is 0.243. The summed E-state index contributed by atoms with van der Waals surface area (Å²) in [7, 11) is 2.91. The molecule has 0 amide bonds. The molecule has 0 saturated heterocycles. The zero-order valence-electron chi connectivity index (χ0n) is 9.85. The van der Waals surface area contributed by atoms with E-state index < -0.39 is 11.4 Å². The molecule has 0 bridgehead atoms. The van der Waals surface area contributed by atoms with E-state index in [1.807, 2.05) is 0 Å². The normalized spacial score (nSPS) is 17.5. The topological polar surface area (TPSA) is 44.5 Å². The van der Waals surface area contributed by atoms with Crippen molar-refractivity contribution in [3.63, 3.8) is 0 Å². The van der Waals surface area contributed by atoms with Crippen molar-refractivity contribution in [2.45, 2.75) is 24.8 Å².